The van der Waals surface area contributed by atoms with Gasteiger partial charge in [-0.2, -0.15) is 9.41 Å². The number of halogens is 1. The van der Waals surface area contributed by atoms with Crippen molar-refractivity contribution < 1.29 is 18.3 Å². The molecule has 1 atom stereocenters. The van der Waals surface area contributed by atoms with E-state index in [4.69, 9.17) is 11.6 Å². The lowest BCUT2D eigenvalue weighted by Crippen LogP contribution is -2.44. The number of hydrogen-bond acceptors (Lipinski definition) is 5. The van der Waals surface area contributed by atoms with Crippen LogP contribution in [0.2, 0.25) is 5.02 Å². The summed E-state index contributed by atoms with van der Waals surface area (Å²) in [5.41, 5.74) is 2.98. The van der Waals surface area contributed by atoms with Crippen LogP contribution in [0.4, 0.5) is 0 Å². The van der Waals surface area contributed by atoms with Gasteiger partial charge in [-0.25, -0.2) is 13.8 Å². The Morgan fingerprint density at radius 3 is 2.70 bits per heavy atom. The molecule has 7 nitrogen and oxygen atoms in total. The molecule has 9 heteroatoms. The second-order valence-electron chi connectivity index (χ2n) is 6.06. The van der Waals surface area contributed by atoms with E-state index in [0.29, 0.717) is 23.4 Å². The number of sulfonamides is 1. The summed E-state index contributed by atoms with van der Waals surface area (Å²) in [4.78, 5) is 12.5. The Hall–Kier alpha value is -2.42. The largest absolute Gasteiger partial charge is 0.508 e. The van der Waals surface area contributed by atoms with Crippen molar-refractivity contribution in [2.75, 3.05) is 6.54 Å². The number of phenolic OH excluding ortho intramolecular Hbond substituents is 1. The van der Waals surface area contributed by atoms with E-state index in [-0.39, 0.29) is 17.2 Å². The molecule has 2 N–H and O–H groups in total. The topological polar surface area (TPSA) is 99.1 Å². The van der Waals surface area contributed by atoms with Crippen LogP contribution in [0.1, 0.15) is 18.4 Å². The number of phenols is 1. The highest BCUT2D eigenvalue weighted by atomic mass is 35.5. The average Bonchev–Trinajstić information content (AvgIpc) is 3.13. The number of hydrogen-bond donors (Lipinski definition) is 2. The number of rotatable bonds is 5. The van der Waals surface area contributed by atoms with Crippen molar-refractivity contribution in [2.24, 2.45) is 5.10 Å². The molecule has 1 amide bonds. The standard InChI is InChI=1S/C18H18ClN3O4S/c19-14-6-8-16(9-7-14)27(25,26)22-10-2-5-17(22)18(24)21-20-12-13-3-1-4-15(23)11-13/h1,3-4,6-9,11-12,17,23H,2,5,10H2,(H,21,24)/b20-12-/t17-/m1/s1. The Morgan fingerprint density at radius 2 is 2.00 bits per heavy atom. The van der Waals surface area contributed by atoms with Crippen LogP contribution in [-0.4, -0.2) is 42.5 Å². The van der Waals surface area contributed by atoms with Crippen LogP contribution in [0.3, 0.4) is 0 Å². The quantitative estimate of drug-likeness (QED) is 0.587. The lowest BCUT2D eigenvalue weighted by Gasteiger charge is -2.22. The fourth-order valence-corrected chi connectivity index (χ4v) is 4.66. The SMILES string of the molecule is O=C(N/N=C\c1cccc(O)c1)[C@H]1CCCN1S(=O)(=O)c1ccc(Cl)cc1. The third kappa shape index (κ3) is 4.47. The lowest BCUT2D eigenvalue weighted by atomic mass is 10.2. The molecule has 0 spiro atoms. The number of nitrogens with zero attached hydrogens (tertiary/aromatic N) is 2. The minimum Gasteiger partial charge on any atom is -0.508 e. The van der Waals surface area contributed by atoms with Gasteiger partial charge >= 0.3 is 0 Å². The van der Waals surface area contributed by atoms with Gasteiger partial charge in [0.2, 0.25) is 10.0 Å². The maximum atomic E-state index is 12.8. The van der Waals surface area contributed by atoms with Crippen molar-refractivity contribution >= 4 is 33.7 Å². The second-order valence-corrected chi connectivity index (χ2v) is 8.38. The van der Waals surface area contributed by atoms with E-state index in [9.17, 15) is 18.3 Å². The first-order valence-electron chi connectivity index (χ1n) is 8.27. The molecule has 0 unspecified atom stereocenters. The molecule has 0 radical (unpaired) electrons. The molecule has 142 valence electrons. The Balaban J connectivity index is 1.71. The smallest absolute Gasteiger partial charge is 0.258 e. The number of aromatic hydroxyl groups is 1. The summed E-state index contributed by atoms with van der Waals surface area (Å²) in [6.07, 6.45) is 2.38. The van der Waals surface area contributed by atoms with Gasteiger partial charge in [0.25, 0.3) is 5.91 Å². The van der Waals surface area contributed by atoms with Crippen molar-refractivity contribution in [2.45, 2.75) is 23.8 Å². The zero-order chi connectivity index (χ0) is 19.4. The summed E-state index contributed by atoms with van der Waals surface area (Å²) in [5.74, 6) is -0.414. The summed E-state index contributed by atoms with van der Waals surface area (Å²) in [6.45, 7) is 0.263. The monoisotopic (exact) mass is 407 g/mol. The van der Waals surface area contributed by atoms with Crippen LogP contribution in [-0.2, 0) is 14.8 Å². The fourth-order valence-electron chi connectivity index (χ4n) is 2.88. The normalized spacial score (nSPS) is 18.0. The first kappa shape index (κ1) is 19.3. The zero-order valence-corrected chi connectivity index (χ0v) is 15.8. The number of nitrogens with one attached hydrogen (secondary N) is 1. The van der Waals surface area contributed by atoms with Gasteiger partial charge in [0.05, 0.1) is 11.1 Å². The van der Waals surface area contributed by atoms with Gasteiger partial charge in [0.1, 0.15) is 11.8 Å². The van der Waals surface area contributed by atoms with Crippen LogP contribution in [0.25, 0.3) is 0 Å². The molecule has 3 rings (SSSR count). The maximum Gasteiger partial charge on any atom is 0.258 e. The molecule has 1 saturated heterocycles. The minimum absolute atomic E-state index is 0.0845. The van der Waals surface area contributed by atoms with Crippen LogP contribution < -0.4 is 5.43 Å². The van der Waals surface area contributed by atoms with Crippen molar-refractivity contribution in [3.8, 4) is 5.75 Å². The summed E-state index contributed by atoms with van der Waals surface area (Å²) in [6, 6.07) is 11.4. The highest BCUT2D eigenvalue weighted by molar-refractivity contribution is 7.89. The van der Waals surface area contributed by atoms with E-state index in [2.05, 4.69) is 10.5 Å². The summed E-state index contributed by atoms with van der Waals surface area (Å²) < 4.78 is 26.8. The molecule has 1 heterocycles. The molecular formula is C18H18ClN3O4S. The first-order valence-corrected chi connectivity index (χ1v) is 10.1. The molecule has 0 bridgehead atoms. The molecular weight excluding hydrogens is 390 g/mol. The Labute approximate surface area is 162 Å². The Kier molecular flexibility index (Phi) is 5.79. The minimum atomic E-state index is -3.80. The predicted octanol–water partition coefficient (Wildman–Crippen LogP) is 2.35. The van der Waals surface area contributed by atoms with Gasteiger partial charge in [0, 0.05) is 11.6 Å². The third-order valence-electron chi connectivity index (χ3n) is 4.19. The number of benzene rings is 2. The van der Waals surface area contributed by atoms with Gasteiger partial charge in [-0.1, -0.05) is 23.7 Å². The Bertz CT molecular complexity index is 961. The van der Waals surface area contributed by atoms with Crippen LogP contribution >= 0.6 is 11.6 Å². The number of hydrazone groups is 1. The van der Waals surface area contributed by atoms with E-state index in [1.54, 1.807) is 12.1 Å². The molecule has 2 aromatic carbocycles. The second kappa shape index (κ2) is 8.08. The van der Waals surface area contributed by atoms with Crippen LogP contribution in [0.5, 0.6) is 5.75 Å². The first-order chi connectivity index (χ1) is 12.9. The van der Waals surface area contributed by atoms with Crippen LogP contribution in [0.15, 0.2) is 58.5 Å². The highest BCUT2D eigenvalue weighted by Gasteiger charge is 2.39. The third-order valence-corrected chi connectivity index (χ3v) is 6.36. The number of carbonyl (C=O) groups excluding carboxylic acids is 1. The molecule has 0 aliphatic carbocycles. The van der Waals surface area contributed by atoms with E-state index in [1.807, 2.05) is 0 Å². The zero-order valence-electron chi connectivity index (χ0n) is 14.2. The van der Waals surface area contributed by atoms with E-state index in [0.717, 1.165) is 0 Å². The van der Waals surface area contributed by atoms with Crippen molar-refractivity contribution in [1.82, 2.24) is 9.73 Å². The number of carbonyl (C=O) groups is 1. The maximum absolute atomic E-state index is 12.8. The summed E-state index contributed by atoms with van der Waals surface area (Å²) in [5, 5.41) is 13.7. The molecule has 0 saturated carbocycles. The van der Waals surface area contributed by atoms with Gasteiger partial charge < -0.3 is 5.11 Å². The number of amides is 1. The summed E-state index contributed by atoms with van der Waals surface area (Å²) >= 11 is 5.81. The fraction of sp³-hybridized carbons (Fsp3) is 0.222. The van der Waals surface area contributed by atoms with Gasteiger partial charge in [-0.05, 0) is 54.8 Å². The van der Waals surface area contributed by atoms with Crippen molar-refractivity contribution in [3.05, 3.63) is 59.1 Å². The van der Waals surface area contributed by atoms with E-state index >= 15 is 0 Å². The Morgan fingerprint density at radius 1 is 1.26 bits per heavy atom. The predicted molar refractivity (Wildman–Crippen MR) is 102 cm³/mol. The van der Waals surface area contributed by atoms with Gasteiger partial charge in [0.15, 0.2) is 0 Å². The molecule has 1 aliphatic heterocycles. The molecule has 2 aromatic rings. The van der Waals surface area contributed by atoms with Gasteiger partial charge in [-0.3, -0.25) is 4.79 Å². The average molecular weight is 408 g/mol. The van der Waals surface area contributed by atoms with E-state index < -0.39 is 22.0 Å². The van der Waals surface area contributed by atoms with E-state index in [1.165, 1.54) is 46.9 Å². The molecule has 1 aliphatic rings. The van der Waals surface area contributed by atoms with Gasteiger partial charge in [-0.15, -0.1) is 0 Å². The molecule has 27 heavy (non-hydrogen) atoms. The molecule has 0 aromatic heterocycles. The van der Waals surface area contributed by atoms with Crippen LogP contribution in [0, 0.1) is 0 Å². The molecule has 1 fully saturated rings. The summed E-state index contributed by atoms with van der Waals surface area (Å²) in [7, 11) is -3.80. The van der Waals surface area contributed by atoms with Crippen molar-refractivity contribution in [1.29, 1.82) is 0 Å². The van der Waals surface area contributed by atoms with Crippen molar-refractivity contribution in [3.63, 3.8) is 0 Å². The highest BCUT2D eigenvalue weighted by Crippen LogP contribution is 2.27. The lowest BCUT2D eigenvalue weighted by molar-refractivity contribution is -0.124.